The predicted octanol–water partition coefficient (Wildman–Crippen LogP) is 2.64. The van der Waals surface area contributed by atoms with E-state index in [1.165, 1.54) is 0 Å². The first-order valence-corrected chi connectivity index (χ1v) is 6.95. The molecule has 1 atom stereocenters. The van der Waals surface area contributed by atoms with Crippen molar-refractivity contribution < 1.29 is 19.4 Å². The molecule has 0 aromatic rings. The molecule has 0 aromatic heterocycles. The van der Waals surface area contributed by atoms with Crippen LogP contribution in [0.4, 0.5) is 4.79 Å². The monoisotopic (exact) mass is 269 g/mol. The number of hydrogen-bond donors (Lipinski definition) is 1. The summed E-state index contributed by atoms with van der Waals surface area (Å²) in [7, 11) is 0. The summed E-state index contributed by atoms with van der Waals surface area (Å²) in [4.78, 5) is 24.9. The normalized spacial score (nSPS) is 25.2. The maximum Gasteiger partial charge on any atom is 0.410 e. The number of nitrogens with zero attached hydrogens (tertiary/aromatic N) is 1. The Balaban J connectivity index is 2.05. The summed E-state index contributed by atoms with van der Waals surface area (Å²) in [5.74, 6) is -0.770. The Morgan fingerprint density at radius 1 is 1.37 bits per heavy atom. The van der Waals surface area contributed by atoms with Crippen LogP contribution in [-0.4, -0.2) is 40.3 Å². The van der Waals surface area contributed by atoms with E-state index in [9.17, 15) is 9.59 Å². The van der Waals surface area contributed by atoms with E-state index in [2.05, 4.69) is 0 Å². The van der Waals surface area contributed by atoms with Gasteiger partial charge in [0.25, 0.3) is 0 Å². The van der Waals surface area contributed by atoms with Crippen LogP contribution >= 0.6 is 0 Å². The molecule has 1 saturated heterocycles. The van der Waals surface area contributed by atoms with Crippen LogP contribution < -0.4 is 0 Å². The summed E-state index contributed by atoms with van der Waals surface area (Å²) < 4.78 is 5.42. The quantitative estimate of drug-likeness (QED) is 0.855. The SMILES string of the molecule is CC(C)(C)OC(=O)N1CCCC1C1(CC(=O)O)CC1. The molecule has 0 spiro atoms. The van der Waals surface area contributed by atoms with Gasteiger partial charge in [-0.15, -0.1) is 0 Å². The van der Waals surface area contributed by atoms with Gasteiger partial charge in [0.15, 0.2) is 0 Å². The van der Waals surface area contributed by atoms with Crippen molar-refractivity contribution in [1.82, 2.24) is 4.90 Å². The number of carboxylic acids is 1. The number of likely N-dealkylation sites (tertiary alicyclic amines) is 1. The number of ether oxygens (including phenoxy) is 1. The van der Waals surface area contributed by atoms with Crippen LogP contribution in [-0.2, 0) is 9.53 Å². The van der Waals surface area contributed by atoms with Crippen LogP contribution in [0.15, 0.2) is 0 Å². The number of hydrogen-bond acceptors (Lipinski definition) is 3. The fraction of sp³-hybridized carbons (Fsp3) is 0.857. The van der Waals surface area contributed by atoms with Gasteiger partial charge in [0.1, 0.15) is 5.60 Å². The number of carboxylic acid groups (broad SMARTS) is 1. The van der Waals surface area contributed by atoms with E-state index in [1.54, 1.807) is 4.90 Å². The molecule has 2 aliphatic rings. The average molecular weight is 269 g/mol. The first-order valence-electron chi connectivity index (χ1n) is 6.95. The molecule has 1 unspecified atom stereocenters. The minimum atomic E-state index is -0.770. The van der Waals surface area contributed by atoms with E-state index in [0.717, 1.165) is 25.7 Å². The topological polar surface area (TPSA) is 66.8 Å². The van der Waals surface area contributed by atoms with Gasteiger partial charge in [-0.25, -0.2) is 4.79 Å². The first-order chi connectivity index (χ1) is 8.73. The molecule has 1 heterocycles. The Labute approximate surface area is 113 Å². The van der Waals surface area contributed by atoms with Crippen LogP contribution in [0.2, 0.25) is 0 Å². The van der Waals surface area contributed by atoms with Crippen LogP contribution in [0.25, 0.3) is 0 Å². The van der Waals surface area contributed by atoms with E-state index in [4.69, 9.17) is 9.84 Å². The molecule has 1 saturated carbocycles. The van der Waals surface area contributed by atoms with E-state index in [1.807, 2.05) is 20.8 Å². The zero-order valence-corrected chi connectivity index (χ0v) is 11.9. The second-order valence-corrected chi connectivity index (χ2v) is 6.76. The lowest BCUT2D eigenvalue weighted by atomic mass is 9.91. The smallest absolute Gasteiger partial charge is 0.410 e. The molecule has 1 N–H and O–H groups in total. The van der Waals surface area contributed by atoms with Gasteiger partial charge in [-0.2, -0.15) is 0 Å². The fourth-order valence-corrected chi connectivity index (χ4v) is 3.03. The molecular formula is C14H23NO4. The Hall–Kier alpha value is -1.26. The highest BCUT2D eigenvalue weighted by molar-refractivity contribution is 5.71. The van der Waals surface area contributed by atoms with Crippen molar-refractivity contribution in [1.29, 1.82) is 0 Å². The van der Waals surface area contributed by atoms with Crippen molar-refractivity contribution in [2.24, 2.45) is 5.41 Å². The van der Waals surface area contributed by atoms with Gasteiger partial charge in [0, 0.05) is 18.0 Å². The number of aliphatic carboxylic acids is 1. The van der Waals surface area contributed by atoms with Crippen LogP contribution in [0.1, 0.15) is 52.9 Å². The molecule has 0 aromatic carbocycles. The van der Waals surface area contributed by atoms with Gasteiger partial charge >= 0.3 is 12.1 Å². The zero-order chi connectivity index (χ0) is 14.3. The van der Waals surface area contributed by atoms with E-state index >= 15 is 0 Å². The summed E-state index contributed by atoms with van der Waals surface area (Å²) in [6, 6.07) is 0.0402. The minimum Gasteiger partial charge on any atom is -0.481 e. The predicted molar refractivity (Wildman–Crippen MR) is 69.9 cm³/mol. The molecule has 108 valence electrons. The van der Waals surface area contributed by atoms with Crippen LogP contribution in [0.5, 0.6) is 0 Å². The zero-order valence-electron chi connectivity index (χ0n) is 11.9. The summed E-state index contributed by atoms with van der Waals surface area (Å²) in [6.45, 7) is 6.22. The lowest BCUT2D eigenvalue weighted by molar-refractivity contribution is -0.139. The Kier molecular flexibility index (Phi) is 3.49. The highest BCUT2D eigenvalue weighted by Gasteiger charge is 2.55. The average Bonchev–Trinajstić information content (AvgIpc) is 2.83. The molecule has 19 heavy (non-hydrogen) atoms. The van der Waals surface area contributed by atoms with Gasteiger partial charge in [-0.1, -0.05) is 0 Å². The third kappa shape index (κ3) is 3.19. The molecule has 0 bridgehead atoms. The number of amides is 1. The van der Waals surface area contributed by atoms with Gasteiger partial charge < -0.3 is 14.7 Å². The fourth-order valence-electron chi connectivity index (χ4n) is 3.03. The lowest BCUT2D eigenvalue weighted by Gasteiger charge is -2.32. The number of rotatable bonds is 3. The summed E-state index contributed by atoms with van der Waals surface area (Å²) >= 11 is 0. The molecule has 1 amide bonds. The van der Waals surface area contributed by atoms with Crippen molar-refractivity contribution in [2.75, 3.05) is 6.54 Å². The summed E-state index contributed by atoms with van der Waals surface area (Å²) in [5, 5.41) is 9.03. The molecule has 5 nitrogen and oxygen atoms in total. The molecular weight excluding hydrogens is 246 g/mol. The Morgan fingerprint density at radius 3 is 2.47 bits per heavy atom. The molecule has 2 rings (SSSR count). The standard InChI is InChI=1S/C14H23NO4/c1-13(2,3)19-12(18)15-8-4-5-10(15)14(6-7-14)9-11(16)17/h10H,4-9H2,1-3H3,(H,16,17). The van der Waals surface area contributed by atoms with Gasteiger partial charge in [-0.05, 0) is 46.5 Å². The van der Waals surface area contributed by atoms with E-state index in [0.29, 0.717) is 6.54 Å². The van der Waals surface area contributed by atoms with Crippen molar-refractivity contribution in [2.45, 2.75) is 64.5 Å². The van der Waals surface area contributed by atoms with E-state index in [-0.39, 0.29) is 24.0 Å². The second-order valence-electron chi connectivity index (χ2n) is 6.76. The van der Waals surface area contributed by atoms with Gasteiger partial charge in [0.2, 0.25) is 0 Å². The van der Waals surface area contributed by atoms with Crippen molar-refractivity contribution in [3.05, 3.63) is 0 Å². The van der Waals surface area contributed by atoms with E-state index < -0.39 is 11.6 Å². The molecule has 5 heteroatoms. The third-order valence-corrected chi connectivity index (χ3v) is 3.98. The highest BCUT2D eigenvalue weighted by Crippen LogP contribution is 2.56. The lowest BCUT2D eigenvalue weighted by Crippen LogP contribution is -2.44. The minimum absolute atomic E-state index is 0.0402. The Morgan fingerprint density at radius 2 is 2.00 bits per heavy atom. The molecule has 2 fully saturated rings. The Bertz CT molecular complexity index is 381. The van der Waals surface area contributed by atoms with Crippen molar-refractivity contribution in [3.8, 4) is 0 Å². The molecule has 0 radical (unpaired) electrons. The maximum absolute atomic E-state index is 12.2. The second kappa shape index (κ2) is 4.69. The van der Waals surface area contributed by atoms with Gasteiger partial charge in [0.05, 0.1) is 6.42 Å². The molecule has 1 aliphatic carbocycles. The van der Waals surface area contributed by atoms with Gasteiger partial charge in [-0.3, -0.25) is 4.79 Å². The first kappa shape index (κ1) is 14.2. The largest absolute Gasteiger partial charge is 0.481 e. The van der Waals surface area contributed by atoms with Crippen LogP contribution in [0, 0.1) is 5.41 Å². The number of carbonyl (C=O) groups is 2. The number of carbonyl (C=O) groups excluding carboxylic acids is 1. The van der Waals surface area contributed by atoms with Crippen molar-refractivity contribution in [3.63, 3.8) is 0 Å². The molecule has 1 aliphatic heterocycles. The summed E-state index contributed by atoms with van der Waals surface area (Å²) in [6.07, 6.45) is 3.51. The maximum atomic E-state index is 12.2. The highest BCUT2D eigenvalue weighted by atomic mass is 16.6. The van der Waals surface area contributed by atoms with Crippen LogP contribution in [0.3, 0.4) is 0 Å². The van der Waals surface area contributed by atoms with Crippen molar-refractivity contribution >= 4 is 12.1 Å². The third-order valence-electron chi connectivity index (χ3n) is 3.98. The summed E-state index contributed by atoms with van der Waals surface area (Å²) in [5.41, 5.74) is -0.701.